The van der Waals surface area contributed by atoms with Crippen LogP contribution in [0.4, 0.5) is 0 Å². The number of ether oxygens (including phenoxy) is 4. The molecule has 0 aliphatic heterocycles. The normalized spacial score (nSPS) is 11.6. The number of quaternary nitrogens is 1. The Bertz CT molecular complexity index is 1190. The molecule has 0 N–H and O–H groups in total. The standard InChI is InChI=1S/C34H44NO6.HI/c1-35(2,3)32(26-27-14-10-9-11-15-27)34(37)40-25-13-8-6-5-7-12-24-39-30-20-22-31(23-21-30)41-33(36)28-16-18-29(38-4)19-17-28;/h9-11,14-23,32H,5-8,12-13,24-26H2,1-4H3;1H/q+1;/p-1. The number of esters is 2. The van der Waals surface area contributed by atoms with Crippen LogP contribution in [0.3, 0.4) is 0 Å². The summed E-state index contributed by atoms with van der Waals surface area (Å²) in [5.41, 5.74) is 1.61. The molecule has 0 fully saturated rings. The number of carbonyl (C=O) groups is 2. The van der Waals surface area contributed by atoms with Crippen molar-refractivity contribution < 1.29 is 57.0 Å². The number of hydrogen-bond donors (Lipinski definition) is 0. The Morgan fingerprint density at radius 2 is 1.24 bits per heavy atom. The van der Waals surface area contributed by atoms with Gasteiger partial charge in [0.2, 0.25) is 0 Å². The average molecular weight is 690 g/mol. The Balaban J connectivity index is 0.00000616. The van der Waals surface area contributed by atoms with E-state index >= 15 is 0 Å². The molecule has 0 amide bonds. The van der Waals surface area contributed by atoms with Crippen molar-refractivity contribution in [3.8, 4) is 17.2 Å². The molecule has 7 nitrogen and oxygen atoms in total. The highest BCUT2D eigenvalue weighted by Gasteiger charge is 2.33. The van der Waals surface area contributed by atoms with Crippen molar-refractivity contribution in [2.45, 2.75) is 51.0 Å². The van der Waals surface area contributed by atoms with Gasteiger partial charge in [0.25, 0.3) is 0 Å². The first-order chi connectivity index (χ1) is 19.8. The number of likely N-dealkylation sites (N-methyl/N-ethyl adjacent to an activating group) is 1. The van der Waals surface area contributed by atoms with Crippen LogP contribution in [0, 0.1) is 0 Å². The molecule has 0 radical (unpaired) electrons. The molecule has 0 aromatic heterocycles. The quantitative estimate of drug-likeness (QED) is 0.0712. The number of carbonyl (C=O) groups excluding carboxylic acids is 2. The second kappa shape index (κ2) is 18.4. The number of halogens is 1. The molecule has 0 heterocycles. The van der Waals surface area contributed by atoms with Crippen LogP contribution in [0.25, 0.3) is 0 Å². The summed E-state index contributed by atoms with van der Waals surface area (Å²) in [7, 11) is 7.69. The number of nitrogens with zero attached hydrogens (tertiary/aromatic N) is 1. The third-order valence-electron chi connectivity index (χ3n) is 6.89. The van der Waals surface area contributed by atoms with Gasteiger partial charge in [-0.05, 0) is 66.9 Å². The molecule has 3 aromatic carbocycles. The van der Waals surface area contributed by atoms with Crippen LogP contribution in [0.15, 0.2) is 78.9 Å². The molecule has 1 unspecified atom stereocenters. The molecule has 0 saturated heterocycles. The lowest BCUT2D eigenvalue weighted by molar-refractivity contribution is -0.887. The number of benzene rings is 3. The second-order valence-electron chi connectivity index (χ2n) is 11.0. The summed E-state index contributed by atoms with van der Waals surface area (Å²) in [5.74, 6) is 1.35. The topological polar surface area (TPSA) is 71.1 Å². The lowest BCUT2D eigenvalue weighted by Crippen LogP contribution is -3.00. The van der Waals surface area contributed by atoms with Gasteiger partial charge in [-0.3, -0.25) is 0 Å². The van der Waals surface area contributed by atoms with Crippen LogP contribution >= 0.6 is 0 Å². The van der Waals surface area contributed by atoms with Crippen molar-refractivity contribution in [2.75, 3.05) is 41.5 Å². The highest BCUT2D eigenvalue weighted by molar-refractivity contribution is 5.91. The van der Waals surface area contributed by atoms with E-state index in [0.717, 1.165) is 49.8 Å². The number of rotatable bonds is 17. The second-order valence-corrected chi connectivity index (χ2v) is 11.0. The van der Waals surface area contributed by atoms with E-state index in [1.54, 1.807) is 55.6 Å². The molecular weight excluding hydrogens is 645 g/mol. The van der Waals surface area contributed by atoms with Crippen molar-refractivity contribution in [1.82, 2.24) is 0 Å². The highest BCUT2D eigenvalue weighted by Crippen LogP contribution is 2.20. The molecule has 0 spiro atoms. The van der Waals surface area contributed by atoms with Gasteiger partial charge in [0.05, 0.1) is 47.0 Å². The molecule has 0 aliphatic carbocycles. The molecule has 8 heteroatoms. The van der Waals surface area contributed by atoms with Gasteiger partial charge in [-0.25, -0.2) is 9.59 Å². The van der Waals surface area contributed by atoms with Gasteiger partial charge in [0.1, 0.15) is 17.2 Å². The van der Waals surface area contributed by atoms with Crippen molar-refractivity contribution in [3.05, 3.63) is 90.0 Å². The molecule has 3 aromatic rings. The van der Waals surface area contributed by atoms with Gasteiger partial charge < -0.3 is 47.4 Å². The Morgan fingerprint density at radius 1 is 0.690 bits per heavy atom. The first-order valence-corrected chi connectivity index (χ1v) is 14.4. The van der Waals surface area contributed by atoms with E-state index < -0.39 is 5.97 Å². The fourth-order valence-electron chi connectivity index (χ4n) is 4.38. The van der Waals surface area contributed by atoms with Crippen molar-refractivity contribution in [3.63, 3.8) is 0 Å². The molecule has 0 saturated carbocycles. The Labute approximate surface area is 267 Å². The summed E-state index contributed by atoms with van der Waals surface area (Å²) in [4.78, 5) is 25.1. The van der Waals surface area contributed by atoms with Crippen LogP contribution in [-0.4, -0.2) is 63.9 Å². The molecule has 42 heavy (non-hydrogen) atoms. The smallest absolute Gasteiger partial charge is 0.365 e. The van der Waals surface area contributed by atoms with Gasteiger partial charge in [-0.15, -0.1) is 0 Å². The molecule has 1 atom stereocenters. The van der Waals surface area contributed by atoms with Crippen LogP contribution in [0.1, 0.15) is 54.4 Å². The largest absolute Gasteiger partial charge is 1.00 e. The Morgan fingerprint density at radius 3 is 1.83 bits per heavy atom. The zero-order valence-corrected chi connectivity index (χ0v) is 27.4. The third-order valence-corrected chi connectivity index (χ3v) is 6.89. The van der Waals surface area contributed by atoms with Gasteiger partial charge in [0.15, 0.2) is 6.04 Å². The maximum absolute atomic E-state index is 12.8. The first-order valence-electron chi connectivity index (χ1n) is 14.4. The van der Waals surface area contributed by atoms with Gasteiger partial charge in [-0.1, -0.05) is 56.0 Å². The fourth-order valence-corrected chi connectivity index (χ4v) is 4.38. The molecule has 228 valence electrons. The van der Waals surface area contributed by atoms with E-state index in [2.05, 4.69) is 12.1 Å². The SMILES string of the molecule is COc1ccc(C(=O)Oc2ccc(OCCCCCCCCOC(=O)C(Cc3ccccc3)[N+](C)(C)C)cc2)cc1.[I-]. The maximum atomic E-state index is 12.8. The zero-order chi connectivity index (χ0) is 29.5. The van der Waals surface area contributed by atoms with Crippen molar-refractivity contribution >= 4 is 11.9 Å². The van der Waals surface area contributed by atoms with Crippen molar-refractivity contribution in [2.24, 2.45) is 0 Å². The van der Waals surface area contributed by atoms with Gasteiger partial charge >= 0.3 is 11.9 Å². The van der Waals surface area contributed by atoms with E-state index in [1.807, 2.05) is 39.3 Å². The predicted octanol–water partition coefficient (Wildman–Crippen LogP) is 3.50. The number of hydrogen-bond acceptors (Lipinski definition) is 6. The molecule has 3 rings (SSSR count). The van der Waals surface area contributed by atoms with E-state index in [0.29, 0.717) is 41.2 Å². The fraction of sp³-hybridized carbons (Fsp3) is 0.412. The van der Waals surface area contributed by atoms with E-state index in [-0.39, 0.29) is 36.0 Å². The summed E-state index contributed by atoms with van der Waals surface area (Å²) < 4.78 is 22.6. The van der Waals surface area contributed by atoms with Crippen LogP contribution in [0.5, 0.6) is 17.2 Å². The first kappa shape index (κ1) is 35.1. The van der Waals surface area contributed by atoms with Crippen molar-refractivity contribution in [1.29, 1.82) is 0 Å². The van der Waals surface area contributed by atoms with Crippen LogP contribution in [-0.2, 0) is 16.0 Å². The summed E-state index contributed by atoms with van der Waals surface area (Å²) >= 11 is 0. The average Bonchev–Trinajstić information content (AvgIpc) is 2.97. The van der Waals surface area contributed by atoms with E-state index in [4.69, 9.17) is 18.9 Å². The monoisotopic (exact) mass is 689 g/mol. The third kappa shape index (κ3) is 12.4. The lowest BCUT2D eigenvalue weighted by atomic mass is 10.0. The summed E-state index contributed by atoms with van der Waals surface area (Å²) in [6.45, 7) is 1.11. The lowest BCUT2D eigenvalue weighted by Gasteiger charge is -2.32. The summed E-state index contributed by atoms with van der Waals surface area (Å²) in [6.07, 6.45) is 6.87. The molecule has 0 bridgehead atoms. The minimum Gasteiger partial charge on any atom is -1.00 e. The van der Waals surface area contributed by atoms with Crippen LogP contribution < -0.4 is 38.2 Å². The number of methoxy groups -OCH3 is 1. The van der Waals surface area contributed by atoms with E-state index in [9.17, 15) is 9.59 Å². The maximum Gasteiger partial charge on any atom is 0.365 e. The molecule has 0 aliphatic rings. The van der Waals surface area contributed by atoms with Crippen LogP contribution in [0.2, 0.25) is 0 Å². The minimum absolute atomic E-state index is 0. The summed E-state index contributed by atoms with van der Waals surface area (Å²) in [6, 6.07) is 23.7. The predicted molar refractivity (Wildman–Crippen MR) is 161 cm³/mol. The van der Waals surface area contributed by atoms with Gasteiger partial charge in [0, 0.05) is 6.42 Å². The Hall–Kier alpha value is -3.11. The minimum atomic E-state index is -0.420. The highest BCUT2D eigenvalue weighted by atomic mass is 127. The number of unbranched alkanes of at least 4 members (excludes halogenated alkanes) is 5. The van der Waals surface area contributed by atoms with Gasteiger partial charge in [-0.2, -0.15) is 0 Å². The Kier molecular flexibility index (Phi) is 15.4. The summed E-state index contributed by atoms with van der Waals surface area (Å²) in [5, 5.41) is 0. The van der Waals surface area contributed by atoms with E-state index in [1.165, 1.54) is 0 Å². The molecular formula is C34H44INO6. The zero-order valence-electron chi connectivity index (χ0n) is 25.2.